The third-order valence-corrected chi connectivity index (χ3v) is 4.97. The van der Waals surface area contributed by atoms with Crippen molar-refractivity contribution in [1.29, 1.82) is 0 Å². The number of allylic oxidation sites excluding steroid dienone is 2. The molecule has 0 spiro atoms. The zero-order chi connectivity index (χ0) is 15.3. The van der Waals surface area contributed by atoms with Crippen LogP contribution in [0, 0.1) is 38.7 Å². The highest BCUT2D eigenvalue weighted by Gasteiger charge is 2.65. The Morgan fingerprint density at radius 1 is 1.60 bits per heavy atom. The lowest BCUT2D eigenvalue weighted by Gasteiger charge is -2.55. The van der Waals surface area contributed by atoms with Gasteiger partial charge in [0.25, 0.3) is 0 Å². The Bertz CT molecular complexity index is 477. The van der Waals surface area contributed by atoms with Gasteiger partial charge in [0.2, 0.25) is 6.54 Å². The Kier molecular flexibility index (Phi) is 3.43. The molecular formula is C15H23NO4. The van der Waals surface area contributed by atoms with Gasteiger partial charge in [-0.15, -0.1) is 0 Å². The van der Waals surface area contributed by atoms with Crippen LogP contribution < -0.4 is 0 Å². The number of carbonyl (C=O) groups is 1. The first-order valence-electron chi connectivity index (χ1n) is 7.10. The summed E-state index contributed by atoms with van der Waals surface area (Å²) in [5, 5.41) is 20.8. The van der Waals surface area contributed by atoms with Crippen LogP contribution in [-0.2, 0) is 4.79 Å². The van der Waals surface area contributed by atoms with E-state index in [2.05, 4.69) is 6.08 Å². The minimum atomic E-state index is -0.907. The second-order valence-electron chi connectivity index (χ2n) is 7.57. The van der Waals surface area contributed by atoms with E-state index < -0.39 is 22.7 Å². The predicted octanol–water partition coefficient (Wildman–Crippen LogP) is 2.98. The zero-order valence-corrected chi connectivity index (χ0v) is 12.5. The van der Waals surface area contributed by atoms with E-state index in [9.17, 15) is 20.0 Å². The average Bonchev–Trinajstić information content (AvgIpc) is 2.51. The molecule has 0 heterocycles. The summed E-state index contributed by atoms with van der Waals surface area (Å²) in [4.78, 5) is 22.6. The van der Waals surface area contributed by atoms with E-state index in [4.69, 9.17) is 0 Å². The van der Waals surface area contributed by atoms with E-state index in [1.54, 1.807) is 0 Å². The van der Waals surface area contributed by atoms with Crippen LogP contribution in [0.15, 0.2) is 11.6 Å². The first kappa shape index (κ1) is 15.0. The Labute approximate surface area is 119 Å². The highest BCUT2D eigenvalue weighted by atomic mass is 16.6. The maximum Gasteiger partial charge on any atom is 0.307 e. The Morgan fingerprint density at radius 3 is 2.60 bits per heavy atom. The lowest BCUT2D eigenvalue weighted by molar-refractivity contribution is -0.510. The highest BCUT2D eigenvalue weighted by Crippen LogP contribution is 2.64. The van der Waals surface area contributed by atoms with Crippen molar-refractivity contribution in [2.24, 2.45) is 28.6 Å². The summed E-state index contributed by atoms with van der Waals surface area (Å²) < 4.78 is 0. The van der Waals surface area contributed by atoms with Crippen LogP contribution in [0.1, 0.15) is 40.5 Å². The monoisotopic (exact) mass is 281 g/mol. The largest absolute Gasteiger partial charge is 0.481 e. The molecule has 1 unspecified atom stereocenters. The minimum Gasteiger partial charge on any atom is -0.481 e. The van der Waals surface area contributed by atoms with Gasteiger partial charge in [0, 0.05) is 4.92 Å². The van der Waals surface area contributed by atoms with Gasteiger partial charge in [0.15, 0.2) is 0 Å². The summed E-state index contributed by atoms with van der Waals surface area (Å²) >= 11 is 0. The number of nitro groups is 1. The molecule has 0 saturated heterocycles. The molecule has 0 bridgehead atoms. The molecule has 1 fully saturated rings. The van der Waals surface area contributed by atoms with E-state index >= 15 is 0 Å². The van der Waals surface area contributed by atoms with Gasteiger partial charge in [-0.25, -0.2) is 0 Å². The molecular weight excluding hydrogens is 258 g/mol. The maximum absolute atomic E-state index is 11.8. The van der Waals surface area contributed by atoms with Crippen molar-refractivity contribution in [3.05, 3.63) is 21.8 Å². The first-order chi connectivity index (χ1) is 9.08. The lowest BCUT2D eigenvalue weighted by atomic mass is 9.46. The van der Waals surface area contributed by atoms with Gasteiger partial charge in [0.05, 0.1) is 11.3 Å². The standard InChI is InChI=1S/C15H23NO4/c1-9-5-10-7-15(8-16(19)20,11(10)6-9)12(13(17)18)14(2,3)4/h6,10-12H,5,7-8H2,1-4H3,(H,17,18)/t10-,11+,12?,15+/m0/s1. The molecule has 0 aromatic carbocycles. The molecule has 4 atom stereocenters. The highest BCUT2D eigenvalue weighted by molar-refractivity contribution is 5.72. The van der Waals surface area contributed by atoms with Gasteiger partial charge < -0.3 is 5.11 Å². The van der Waals surface area contributed by atoms with Gasteiger partial charge in [-0.3, -0.25) is 14.9 Å². The van der Waals surface area contributed by atoms with E-state index in [-0.39, 0.29) is 17.4 Å². The molecule has 0 amide bonds. The number of aliphatic carboxylic acids is 1. The fourth-order valence-corrected chi connectivity index (χ4v) is 4.64. The minimum absolute atomic E-state index is 0.0493. The summed E-state index contributed by atoms with van der Waals surface area (Å²) in [6, 6.07) is 0. The molecule has 1 N–H and O–H groups in total. The second kappa shape index (κ2) is 4.57. The van der Waals surface area contributed by atoms with E-state index in [0.717, 1.165) is 6.42 Å². The van der Waals surface area contributed by atoms with Crippen molar-refractivity contribution in [2.45, 2.75) is 40.5 Å². The zero-order valence-electron chi connectivity index (χ0n) is 12.5. The normalized spacial score (nSPS) is 33.9. The Hall–Kier alpha value is -1.39. The number of carboxylic acids is 1. The fourth-order valence-electron chi connectivity index (χ4n) is 4.64. The van der Waals surface area contributed by atoms with Crippen molar-refractivity contribution in [3.8, 4) is 0 Å². The molecule has 1 saturated carbocycles. The molecule has 2 aliphatic carbocycles. The van der Waals surface area contributed by atoms with Crippen LogP contribution in [0.3, 0.4) is 0 Å². The molecule has 20 heavy (non-hydrogen) atoms. The molecule has 5 heteroatoms. The first-order valence-corrected chi connectivity index (χ1v) is 7.10. The summed E-state index contributed by atoms with van der Waals surface area (Å²) in [5.41, 5.74) is 0.0240. The number of rotatable bonds is 4. The topological polar surface area (TPSA) is 80.4 Å². The van der Waals surface area contributed by atoms with E-state index in [1.165, 1.54) is 5.57 Å². The van der Waals surface area contributed by atoms with Gasteiger partial charge in [0.1, 0.15) is 0 Å². The molecule has 0 aromatic rings. The maximum atomic E-state index is 11.8. The third kappa shape index (κ3) is 2.23. The van der Waals surface area contributed by atoms with Crippen LogP contribution in [0.2, 0.25) is 0 Å². The Balaban J connectivity index is 2.43. The molecule has 112 valence electrons. The smallest absolute Gasteiger partial charge is 0.307 e. The molecule has 0 aliphatic heterocycles. The number of carboxylic acid groups (broad SMARTS) is 1. The van der Waals surface area contributed by atoms with Crippen LogP contribution in [0.4, 0.5) is 0 Å². The van der Waals surface area contributed by atoms with E-state index in [1.807, 2.05) is 27.7 Å². The molecule has 5 nitrogen and oxygen atoms in total. The van der Waals surface area contributed by atoms with Crippen LogP contribution >= 0.6 is 0 Å². The molecule has 0 radical (unpaired) electrons. The van der Waals surface area contributed by atoms with Gasteiger partial charge >= 0.3 is 5.97 Å². The van der Waals surface area contributed by atoms with Gasteiger partial charge in [-0.2, -0.15) is 0 Å². The van der Waals surface area contributed by atoms with E-state index in [0.29, 0.717) is 12.3 Å². The fraction of sp³-hybridized carbons (Fsp3) is 0.800. The van der Waals surface area contributed by atoms with Crippen LogP contribution in [0.25, 0.3) is 0 Å². The molecule has 0 aromatic heterocycles. The number of hydrogen-bond acceptors (Lipinski definition) is 3. The second-order valence-corrected chi connectivity index (χ2v) is 7.57. The van der Waals surface area contributed by atoms with Crippen LogP contribution in [0.5, 0.6) is 0 Å². The number of fused-ring (bicyclic) bond motifs is 1. The predicted molar refractivity (Wildman–Crippen MR) is 74.8 cm³/mol. The molecule has 2 aliphatic rings. The summed E-state index contributed by atoms with van der Waals surface area (Å²) in [5.74, 6) is -1.15. The van der Waals surface area contributed by atoms with Crippen molar-refractivity contribution in [2.75, 3.05) is 6.54 Å². The number of hydrogen-bond donors (Lipinski definition) is 1. The van der Waals surface area contributed by atoms with Gasteiger partial charge in [-0.1, -0.05) is 32.4 Å². The average molecular weight is 281 g/mol. The van der Waals surface area contributed by atoms with Crippen molar-refractivity contribution >= 4 is 5.97 Å². The van der Waals surface area contributed by atoms with Crippen molar-refractivity contribution in [1.82, 2.24) is 0 Å². The van der Waals surface area contributed by atoms with Crippen molar-refractivity contribution in [3.63, 3.8) is 0 Å². The Morgan fingerprint density at radius 2 is 2.20 bits per heavy atom. The third-order valence-electron chi connectivity index (χ3n) is 4.97. The van der Waals surface area contributed by atoms with Gasteiger partial charge in [-0.05, 0) is 37.0 Å². The summed E-state index contributed by atoms with van der Waals surface area (Å²) in [6.45, 7) is 7.39. The SMILES string of the molecule is CC1=C[C@@H]2[C@@H](C1)C[C@]2(C[N+](=O)[O-])C(C(=O)O)C(C)(C)C. The molecule has 2 rings (SSSR count). The van der Waals surface area contributed by atoms with Crippen LogP contribution in [-0.4, -0.2) is 22.5 Å². The number of nitrogens with zero attached hydrogens (tertiary/aromatic N) is 1. The summed E-state index contributed by atoms with van der Waals surface area (Å²) in [6.07, 6.45) is 3.70. The summed E-state index contributed by atoms with van der Waals surface area (Å²) in [7, 11) is 0. The van der Waals surface area contributed by atoms with Crippen molar-refractivity contribution < 1.29 is 14.8 Å². The lowest BCUT2D eigenvalue weighted by Crippen LogP contribution is -2.59. The quantitative estimate of drug-likeness (QED) is 0.488.